The van der Waals surface area contributed by atoms with Crippen LogP contribution in [0.3, 0.4) is 0 Å². The van der Waals surface area contributed by atoms with Crippen molar-refractivity contribution in [3.8, 4) is 0 Å². The van der Waals surface area contributed by atoms with E-state index in [1.165, 1.54) is 12.1 Å². The Morgan fingerprint density at radius 1 is 1.32 bits per heavy atom. The normalized spacial score (nSPS) is 28.8. The van der Waals surface area contributed by atoms with Crippen molar-refractivity contribution in [3.63, 3.8) is 0 Å². The zero-order valence-electron chi connectivity index (χ0n) is 10.6. The van der Waals surface area contributed by atoms with Gasteiger partial charge in [0, 0.05) is 31.0 Å². The SMILES string of the molecule is CS(=O)(=O)c1cccc(C(=O)NC2C3CNCC32)c1. The van der Waals surface area contributed by atoms with Crippen LogP contribution in [0, 0.1) is 11.8 Å². The first-order chi connectivity index (χ1) is 8.97. The fourth-order valence-corrected chi connectivity index (χ4v) is 3.40. The second-order valence-electron chi connectivity index (χ2n) is 5.29. The minimum atomic E-state index is -3.28. The Hall–Kier alpha value is -1.40. The molecule has 0 bridgehead atoms. The van der Waals surface area contributed by atoms with Gasteiger partial charge < -0.3 is 10.6 Å². The molecule has 1 aliphatic carbocycles. The Bertz CT molecular complexity index is 617. The molecule has 6 heteroatoms. The Morgan fingerprint density at radius 2 is 2.00 bits per heavy atom. The van der Waals surface area contributed by atoms with Crippen LogP contribution in [0.15, 0.2) is 29.2 Å². The molecule has 2 unspecified atom stereocenters. The first-order valence-electron chi connectivity index (χ1n) is 6.28. The molecular formula is C13H16N2O3S. The van der Waals surface area contributed by atoms with Crippen LogP contribution in [0.5, 0.6) is 0 Å². The van der Waals surface area contributed by atoms with Gasteiger partial charge in [-0.2, -0.15) is 0 Å². The maximum Gasteiger partial charge on any atom is 0.251 e. The molecule has 102 valence electrons. The highest BCUT2D eigenvalue weighted by atomic mass is 32.2. The average Bonchev–Trinajstić information content (AvgIpc) is 2.81. The van der Waals surface area contributed by atoms with Crippen molar-refractivity contribution in [3.05, 3.63) is 29.8 Å². The summed E-state index contributed by atoms with van der Waals surface area (Å²) in [6, 6.07) is 6.42. The van der Waals surface area contributed by atoms with E-state index in [2.05, 4.69) is 10.6 Å². The second kappa shape index (κ2) is 4.31. The van der Waals surface area contributed by atoms with Gasteiger partial charge in [-0.1, -0.05) is 6.07 Å². The lowest BCUT2D eigenvalue weighted by Gasteiger charge is -2.08. The van der Waals surface area contributed by atoms with E-state index >= 15 is 0 Å². The third-order valence-corrected chi connectivity index (χ3v) is 5.02. The van der Waals surface area contributed by atoms with Crippen LogP contribution in [0.4, 0.5) is 0 Å². The Balaban J connectivity index is 1.73. The second-order valence-corrected chi connectivity index (χ2v) is 7.30. The van der Waals surface area contributed by atoms with Crippen LogP contribution in [0.2, 0.25) is 0 Å². The number of nitrogens with one attached hydrogen (secondary N) is 2. The number of hydrogen-bond acceptors (Lipinski definition) is 4. The smallest absolute Gasteiger partial charge is 0.251 e. The van der Waals surface area contributed by atoms with Crippen LogP contribution in [0.1, 0.15) is 10.4 Å². The number of rotatable bonds is 3. The number of carbonyl (C=O) groups is 1. The minimum absolute atomic E-state index is 0.179. The molecule has 2 fully saturated rings. The first kappa shape index (κ1) is 12.6. The van der Waals surface area contributed by atoms with E-state index in [4.69, 9.17) is 0 Å². The highest BCUT2D eigenvalue weighted by Gasteiger charge is 2.53. The summed E-state index contributed by atoms with van der Waals surface area (Å²) in [5, 5.41) is 6.24. The fraction of sp³-hybridized carbons (Fsp3) is 0.462. The molecule has 2 atom stereocenters. The van der Waals surface area contributed by atoms with Crippen LogP contribution in [-0.4, -0.2) is 39.7 Å². The Labute approximate surface area is 112 Å². The van der Waals surface area contributed by atoms with E-state index in [9.17, 15) is 13.2 Å². The van der Waals surface area contributed by atoms with E-state index in [0.29, 0.717) is 17.4 Å². The summed E-state index contributed by atoms with van der Waals surface area (Å²) >= 11 is 0. The van der Waals surface area contributed by atoms with Gasteiger partial charge in [0.2, 0.25) is 0 Å². The zero-order chi connectivity index (χ0) is 13.6. The first-order valence-corrected chi connectivity index (χ1v) is 8.17. The highest BCUT2D eigenvalue weighted by molar-refractivity contribution is 7.90. The van der Waals surface area contributed by atoms with Crippen molar-refractivity contribution in [2.45, 2.75) is 10.9 Å². The topological polar surface area (TPSA) is 75.3 Å². The Kier molecular flexibility index (Phi) is 2.87. The van der Waals surface area contributed by atoms with Gasteiger partial charge in [-0.05, 0) is 30.0 Å². The van der Waals surface area contributed by atoms with Gasteiger partial charge in [-0.25, -0.2) is 8.42 Å². The third-order valence-electron chi connectivity index (χ3n) is 3.91. The summed E-state index contributed by atoms with van der Waals surface area (Å²) in [5.74, 6) is 0.897. The molecule has 1 amide bonds. The molecule has 2 N–H and O–H groups in total. The molecule has 3 rings (SSSR count). The maximum absolute atomic E-state index is 12.1. The van der Waals surface area contributed by atoms with Gasteiger partial charge in [0.15, 0.2) is 9.84 Å². The molecular weight excluding hydrogens is 264 g/mol. The standard InChI is InChI=1S/C13H16N2O3S/c1-19(17,18)9-4-2-3-8(5-9)13(16)15-12-10-6-14-7-11(10)12/h2-5,10-12,14H,6-7H2,1H3,(H,15,16). The fourth-order valence-electron chi connectivity index (χ4n) is 2.74. The van der Waals surface area contributed by atoms with Crippen molar-refractivity contribution < 1.29 is 13.2 Å². The van der Waals surface area contributed by atoms with Crippen molar-refractivity contribution in [2.24, 2.45) is 11.8 Å². The molecule has 0 spiro atoms. The molecule has 1 saturated carbocycles. The summed E-state index contributed by atoms with van der Waals surface area (Å²) in [4.78, 5) is 12.3. The summed E-state index contributed by atoms with van der Waals surface area (Å²) < 4.78 is 22.9. The number of piperidine rings is 1. The van der Waals surface area contributed by atoms with E-state index in [0.717, 1.165) is 19.3 Å². The molecule has 1 aromatic rings. The summed E-state index contributed by atoms with van der Waals surface area (Å²) in [6.07, 6.45) is 1.14. The molecule has 2 aliphatic rings. The lowest BCUT2D eigenvalue weighted by atomic mass is 10.2. The predicted octanol–water partition coefficient (Wildman–Crippen LogP) is 0.0377. The maximum atomic E-state index is 12.1. The van der Waals surface area contributed by atoms with E-state index in [1.54, 1.807) is 12.1 Å². The van der Waals surface area contributed by atoms with E-state index in [-0.39, 0.29) is 16.8 Å². The number of benzene rings is 1. The molecule has 5 nitrogen and oxygen atoms in total. The summed E-state index contributed by atoms with van der Waals surface area (Å²) in [6.45, 7) is 1.91. The number of carbonyl (C=O) groups excluding carboxylic acids is 1. The van der Waals surface area contributed by atoms with Crippen molar-refractivity contribution in [2.75, 3.05) is 19.3 Å². The monoisotopic (exact) mass is 280 g/mol. The van der Waals surface area contributed by atoms with Gasteiger partial charge in [0.05, 0.1) is 4.90 Å². The number of hydrogen-bond donors (Lipinski definition) is 2. The van der Waals surface area contributed by atoms with E-state index in [1.807, 2.05) is 0 Å². The van der Waals surface area contributed by atoms with Gasteiger partial charge >= 0.3 is 0 Å². The average molecular weight is 280 g/mol. The predicted molar refractivity (Wildman–Crippen MR) is 70.7 cm³/mol. The van der Waals surface area contributed by atoms with Gasteiger partial charge in [0.25, 0.3) is 5.91 Å². The largest absolute Gasteiger partial charge is 0.349 e. The summed E-state index contributed by atoms with van der Waals surface area (Å²) in [7, 11) is -3.28. The minimum Gasteiger partial charge on any atom is -0.349 e. The quantitative estimate of drug-likeness (QED) is 0.819. The zero-order valence-corrected chi connectivity index (χ0v) is 11.4. The van der Waals surface area contributed by atoms with Crippen molar-refractivity contribution in [1.82, 2.24) is 10.6 Å². The van der Waals surface area contributed by atoms with Crippen molar-refractivity contribution in [1.29, 1.82) is 0 Å². The number of sulfone groups is 1. The molecule has 1 heterocycles. The van der Waals surface area contributed by atoms with Crippen LogP contribution in [0.25, 0.3) is 0 Å². The van der Waals surface area contributed by atoms with Gasteiger partial charge in [-0.15, -0.1) is 0 Å². The Morgan fingerprint density at radius 3 is 2.63 bits per heavy atom. The molecule has 1 saturated heterocycles. The van der Waals surface area contributed by atoms with Gasteiger partial charge in [0.1, 0.15) is 0 Å². The molecule has 1 aliphatic heterocycles. The van der Waals surface area contributed by atoms with Crippen LogP contribution < -0.4 is 10.6 Å². The summed E-state index contributed by atoms with van der Waals surface area (Å²) in [5.41, 5.74) is 0.404. The van der Waals surface area contributed by atoms with Crippen molar-refractivity contribution >= 4 is 15.7 Å². The lowest BCUT2D eigenvalue weighted by Crippen LogP contribution is -2.32. The molecule has 0 aromatic heterocycles. The molecule has 0 radical (unpaired) electrons. The van der Waals surface area contributed by atoms with E-state index < -0.39 is 9.84 Å². The van der Waals surface area contributed by atoms with Gasteiger partial charge in [-0.3, -0.25) is 4.79 Å². The number of amides is 1. The molecule has 19 heavy (non-hydrogen) atoms. The van der Waals surface area contributed by atoms with Crippen LogP contribution in [-0.2, 0) is 9.84 Å². The van der Waals surface area contributed by atoms with Crippen LogP contribution >= 0.6 is 0 Å². The molecule has 1 aromatic carbocycles. The highest BCUT2D eigenvalue weighted by Crippen LogP contribution is 2.41. The lowest BCUT2D eigenvalue weighted by molar-refractivity contribution is 0.0946. The third kappa shape index (κ3) is 2.37. The number of fused-ring (bicyclic) bond motifs is 1.